The lowest BCUT2D eigenvalue weighted by Gasteiger charge is -2.02. The molecule has 0 unspecified atom stereocenters. The van der Waals surface area contributed by atoms with Gasteiger partial charge in [-0.15, -0.1) is 11.3 Å². The number of nitrogens with zero attached hydrogens (tertiary/aromatic N) is 1. The molecule has 2 rings (SSSR count). The van der Waals surface area contributed by atoms with Gasteiger partial charge in [0.1, 0.15) is 0 Å². The molecule has 0 aliphatic rings. The van der Waals surface area contributed by atoms with Crippen molar-refractivity contribution in [1.82, 2.24) is 4.98 Å². The molecule has 1 heterocycles. The average molecular weight is 231 g/mol. The predicted octanol–water partition coefficient (Wildman–Crippen LogP) is 4.17. The Morgan fingerprint density at radius 2 is 2.00 bits per heavy atom. The highest BCUT2D eigenvalue weighted by atomic mass is 32.1. The van der Waals surface area contributed by atoms with Crippen LogP contribution in [0.25, 0.3) is 0 Å². The Hall–Kier alpha value is -1.15. The monoisotopic (exact) mass is 231 g/mol. The maximum Gasteiger partial charge on any atom is 0.0971 e. The van der Waals surface area contributed by atoms with E-state index in [1.54, 1.807) is 0 Å². The topological polar surface area (TPSA) is 12.9 Å². The summed E-state index contributed by atoms with van der Waals surface area (Å²) in [5.74, 6) is 0.586. The molecule has 84 valence electrons. The van der Waals surface area contributed by atoms with Crippen molar-refractivity contribution in [2.24, 2.45) is 0 Å². The lowest BCUT2D eigenvalue weighted by molar-refractivity contribution is 0.885. The molecule has 0 fully saturated rings. The average Bonchev–Trinajstić information content (AvgIpc) is 2.70. The lowest BCUT2D eigenvalue weighted by atomic mass is 10.1. The fourth-order valence-corrected chi connectivity index (χ4v) is 2.59. The van der Waals surface area contributed by atoms with Gasteiger partial charge in [-0.1, -0.05) is 38.1 Å². The molecule has 2 heteroatoms. The van der Waals surface area contributed by atoms with Crippen LogP contribution in [0.15, 0.2) is 30.5 Å². The number of hydrogen-bond acceptors (Lipinski definition) is 2. The van der Waals surface area contributed by atoms with E-state index in [2.05, 4.69) is 50.0 Å². The van der Waals surface area contributed by atoms with Gasteiger partial charge in [0.15, 0.2) is 0 Å². The van der Waals surface area contributed by atoms with Crippen LogP contribution in [-0.4, -0.2) is 4.98 Å². The molecular formula is C14H17NS. The first-order valence-electron chi connectivity index (χ1n) is 5.66. The summed E-state index contributed by atoms with van der Waals surface area (Å²) >= 11 is 1.83. The Balaban J connectivity index is 2.18. The Kier molecular flexibility index (Phi) is 3.39. The number of benzene rings is 1. The van der Waals surface area contributed by atoms with Crippen LogP contribution < -0.4 is 0 Å². The molecule has 0 aliphatic carbocycles. The molecule has 0 amide bonds. The molecule has 1 aromatic heterocycles. The van der Waals surface area contributed by atoms with Gasteiger partial charge >= 0.3 is 0 Å². The van der Waals surface area contributed by atoms with Gasteiger partial charge in [0.25, 0.3) is 0 Å². The molecule has 0 bridgehead atoms. The summed E-state index contributed by atoms with van der Waals surface area (Å²) in [7, 11) is 0. The second-order valence-electron chi connectivity index (χ2n) is 4.41. The zero-order valence-corrected chi connectivity index (χ0v) is 10.8. The molecule has 0 saturated carbocycles. The quantitative estimate of drug-likeness (QED) is 0.772. The largest absolute Gasteiger partial charge is 0.249 e. The molecule has 16 heavy (non-hydrogen) atoms. The van der Waals surface area contributed by atoms with Crippen molar-refractivity contribution in [3.63, 3.8) is 0 Å². The van der Waals surface area contributed by atoms with Crippen molar-refractivity contribution < 1.29 is 0 Å². The number of thiazole rings is 1. The van der Waals surface area contributed by atoms with Gasteiger partial charge in [0.2, 0.25) is 0 Å². The normalized spacial score (nSPS) is 11.0. The summed E-state index contributed by atoms with van der Waals surface area (Å²) in [5.41, 5.74) is 2.73. The number of rotatable bonds is 3. The number of aryl methyl sites for hydroxylation is 1. The predicted molar refractivity (Wildman–Crippen MR) is 70.2 cm³/mol. The van der Waals surface area contributed by atoms with Gasteiger partial charge in [-0.2, -0.15) is 0 Å². The summed E-state index contributed by atoms with van der Waals surface area (Å²) in [4.78, 5) is 5.87. The SMILES string of the molecule is Cc1ccccc1Cc1ncc(C(C)C)s1. The maximum absolute atomic E-state index is 4.49. The molecule has 0 radical (unpaired) electrons. The first-order valence-corrected chi connectivity index (χ1v) is 6.47. The highest BCUT2D eigenvalue weighted by Gasteiger charge is 2.07. The number of hydrogen-bond donors (Lipinski definition) is 0. The van der Waals surface area contributed by atoms with E-state index in [4.69, 9.17) is 0 Å². The van der Waals surface area contributed by atoms with Gasteiger partial charge in [0.05, 0.1) is 5.01 Å². The molecule has 0 saturated heterocycles. The zero-order chi connectivity index (χ0) is 11.5. The van der Waals surface area contributed by atoms with Crippen LogP contribution in [0.1, 0.15) is 40.8 Å². The minimum atomic E-state index is 0.586. The van der Waals surface area contributed by atoms with Gasteiger partial charge in [-0.25, -0.2) is 4.98 Å². The van der Waals surface area contributed by atoms with Crippen LogP contribution >= 0.6 is 11.3 Å². The molecule has 0 aliphatic heterocycles. The first kappa shape index (κ1) is 11.3. The van der Waals surface area contributed by atoms with Crippen molar-refractivity contribution >= 4 is 11.3 Å². The highest BCUT2D eigenvalue weighted by molar-refractivity contribution is 7.11. The second kappa shape index (κ2) is 4.79. The Morgan fingerprint density at radius 1 is 1.25 bits per heavy atom. The first-order chi connectivity index (χ1) is 7.66. The van der Waals surface area contributed by atoms with Crippen molar-refractivity contribution in [2.75, 3.05) is 0 Å². The van der Waals surface area contributed by atoms with Crippen molar-refractivity contribution in [1.29, 1.82) is 0 Å². The van der Waals surface area contributed by atoms with E-state index in [1.807, 2.05) is 17.5 Å². The fraction of sp³-hybridized carbons (Fsp3) is 0.357. The van der Waals surface area contributed by atoms with E-state index in [0.29, 0.717) is 5.92 Å². The van der Waals surface area contributed by atoms with Crippen molar-refractivity contribution in [3.05, 3.63) is 51.5 Å². The van der Waals surface area contributed by atoms with Gasteiger partial charge in [-0.3, -0.25) is 0 Å². The van der Waals surface area contributed by atoms with Crippen LogP contribution in [0.4, 0.5) is 0 Å². The van der Waals surface area contributed by atoms with Crippen LogP contribution in [0.5, 0.6) is 0 Å². The third-order valence-electron chi connectivity index (χ3n) is 2.74. The highest BCUT2D eigenvalue weighted by Crippen LogP contribution is 2.24. The van der Waals surface area contributed by atoms with Crippen LogP contribution in [-0.2, 0) is 6.42 Å². The minimum absolute atomic E-state index is 0.586. The van der Waals surface area contributed by atoms with E-state index in [9.17, 15) is 0 Å². The molecular weight excluding hydrogens is 214 g/mol. The standard InChI is InChI=1S/C14H17NS/c1-10(2)13-9-15-14(16-13)8-12-7-5-4-6-11(12)3/h4-7,9-10H,8H2,1-3H3. The summed E-state index contributed by atoms with van der Waals surface area (Å²) in [6.45, 7) is 6.59. The summed E-state index contributed by atoms with van der Waals surface area (Å²) < 4.78 is 0. The second-order valence-corrected chi connectivity index (χ2v) is 5.56. The van der Waals surface area contributed by atoms with Crippen molar-refractivity contribution in [3.8, 4) is 0 Å². The van der Waals surface area contributed by atoms with E-state index in [0.717, 1.165) is 6.42 Å². The minimum Gasteiger partial charge on any atom is -0.249 e. The smallest absolute Gasteiger partial charge is 0.0971 e. The van der Waals surface area contributed by atoms with Gasteiger partial charge in [0, 0.05) is 17.5 Å². The lowest BCUT2D eigenvalue weighted by Crippen LogP contribution is -1.89. The molecule has 1 aromatic carbocycles. The number of aromatic nitrogens is 1. The summed E-state index contributed by atoms with van der Waals surface area (Å²) in [5, 5.41) is 1.22. The molecule has 0 spiro atoms. The van der Waals surface area contributed by atoms with Crippen molar-refractivity contribution in [2.45, 2.75) is 33.1 Å². The van der Waals surface area contributed by atoms with E-state index in [1.165, 1.54) is 21.0 Å². The Labute approximate surface area is 101 Å². The fourth-order valence-electron chi connectivity index (χ4n) is 1.64. The third kappa shape index (κ3) is 2.50. The maximum atomic E-state index is 4.49. The molecule has 0 N–H and O–H groups in total. The zero-order valence-electron chi connectivity index (χ0n) is 10.0. The van der Waals surface area contributed by atoms with Crippen LogP contribution in [0.2, 0.25) is 0 Å². The summed E-state index contributed by atoms with van der Waals surface area (Å²) in [6.07, 6.45) is 2.98. The molecule has 0 atom stereocenters. The van der Waals surface area contributed by atoms with E-state index in [-0.39, 0.29) is 0 Å². The van der Waals surface area contributed by atoms with Crippen LogP contribution in [0.3, 0.4) is 0 Å². The molecule has 1 nitrogen and oxygen atoms in total. The summed E-state index contributed by atoms with van der Waals surface area (Å²) in [6, 6.07) is 8.53. The van der Waals surface area contributed by atoms with E-state index >= 15 is 0 Å². The van der Waals surface area contributed by atoms with Gasteiger partial charge in [-0.05, 0) is 24.0 Å². The third-order valence-corrected chi connectivity index (χ3v) is 4.04. The molecule has 2 aromatic rings. The van der Waals surface area contributed by atoms with Gasteiger partial charge < -0.3 is 0 Å². The van der Waals surface area contributed by atoms with E-state index < -0.39 is 0 Å². The Bertz CT molecular complexity index is 471. The van der Waals surface area contributed by atoms with Crippen LogP contribution in [0, 0.1) is 6.92 Å². The Morgan fingerprint density at radius 3 is 2.62 bits per heavy atom.